The fourth-order valence-corrected chi connectivity index (χ4v) is 8.69. The summed E-state index contributed by atoms with van der Waals surface area (Å²) in [5, 5.41) is 11.9. The first kappa shape index (κ1) is 27.9. The second-order valence-electron chi connectivity index (χ2n) is 12.6. The molecule has 0 aromatic heterocycles. The van der Waals surface area contributed by atoms with Crippen LogP contribution in [-0.4, -0.2) is 51.0 Å². The topological polar surface area (TPSA) is 95.9 Å². The fourth-order valence-electron chi connectivity index (χ4n) is 7.44. The molecule has 6 rings (SSSR count). The van der Waals surface area contributed by atoms with Crippen LogP contribution in [0.1, 0.15) is 73.4 Å². The highest BCUT2D eigenvalue weighted by molar-refractivity contribution is 7.90. The van der Waals surface area contributed by atoms with Crippen LogP contribution >= 0.6 is 11.6 Å². The molecule has 0 radical (unpaired) electrons. The molecule has 2 aromatic carbocycles. The number of hydrogen-bond acceptors (Lipinski definition) is 6. The van der Waals surface area contributed by atoms with Gasteiger partial charge < -0.3 is 14.7 Å². The number of carbonyl (C=O) groups is 1. The van der Waals surface area contributed by atoms with Gasteiger partial charge in [0.25, 0.3) is 5.91 Å². The van der Waals surface area contributed by atoms with Gasteiger partial charge in [-0.05, 0) is 111 Å². The Morgan fingerprint density at radius 2 is 1.98 bits per heavy atom. The Bertz CT molecular complexity index is 1400. The van der Waals surface area contributed by atoms with E-state index in [9.17, 15) is 18.3 Å². The van der Waals surface area contributed by atoms with Gasteiger partial charge in [-0.2, -0.15) is 0 Å². The Morgan fingerprint density at radius 1 is 1.12 bits per heavy atom. The number of rotatable bonds is 0. The number of aryl methyl sites for hydroxylation is 1. The number of fused-ring (bicyclic) bond motifs is 4. The molecule has 9 heteroatoms. The lowest BCUT2D eigenvalue weighted by Gasteiger charge is -2.46. The van der Waals surface area contributed by atoms with Gasteiger partial charge in [-0.15, -0.1) is 0 Å². The molecule has 1 fully saturated rings. The molecule has 1 saturated carbocycles. The lowest BCUT2D eigenvalue weighted by Crippen LogP contribution is -2.49. The van der Waals surface area contributed by atoms with Crippen molar-refractivity contribution in [3.05, 3.63) is 58.1 Å². The number of amides is 1. The van der Waals surface area contributed by atoms with Crippen molar-refractivity contribution < 1.29 is 23.1 Å². The average Bonchev–Trinajstić information content (AvgIpc) is 3.02. The Labute approximate surface area is 242 Å². The van der Waals surface area contributed by atoms with Crippen LogP contribution in [0.25, 0.3) is 0 Å². The zero-order valence-electron chi connectivity index (χ0n) is 23.1. The third-order valence-electron chi connectivity index (χ3n) is 9.73. The maximum atomic E-state index is 13.1. The van der Waals surface area contributed by atoms with E-state index >= 15 is 0 Å². The zero-order chi connectivity index (χ0) is 28.1. The molecule has 4 aliphatic rings. The molecule has 1 amide bonds. The van der Waals surface area contributed by atoms with E-state index in [-0.39, 0.29) is 23.0 Å². The summed E-state index contributed by atoms with van der Waals surface area (Å²) in [6.45, 7) is 4.05. The summed E-state index contributed by atoms with van der Waals surface area (Å²) in [5.74, 6) is 0.725. The van der Waals surface area contributed by atoms with Crippen LogP contribution in [0.2, 0.25) is 5.02 Å². The Kier molecular flexibility index (Phi) is 7.55. The predicted molar refractivity (Wildman–Crippen MR) is 157 cm³/mol. The maximum absolute atomic E-state index is 13.1. The van der Waals surface area contributed by atoms with Crippen molar-refractivity contribution in [3.8, 4) is 5.75 Å². The van der Waals surface area contributed by atoms with Crippen LogP contribution in [0.15, 0.2) is 36.4 Å². The van der Waals surface area contributed by atoms with E-state index < -0.39 is 22.0 Å². The van der Waals surface area contributed by atoms with E-state index in [0.29, 0.717) is 49.6 Å². The number of halogens is 1. The largest absolute Gasteiger partial charge is 0.490 e. The molecule has 2 aromatic rings. The monoisotopic (exact) mass is 586 g/mol. The molecule has 7 nitrogen and oxygen atoms in total. The highest BCUT2D eigenvalue weighted by Gasteiger charge is 2.44. The van der Waals surface area contributed by atoms with Crippen LogP contribution in [0.5, 0.6) is 5.75 Å². The number of aliphatic hydroxyl groups is 1. The molecule has 2 heterocycles. The molecule has 2 bridgehead atoms. The van der Waals surface area contributed by atoms with E-state index in [4.69, 9.17) is 16.3 Å². The first-order valence-electron chi connectivity index (χ1n) is 14.7. The van der Waals surface area contributed by atoms with Gasteiger partial charge in [-0.25, -0.2) is 13.1 Å². The fraction of sp³-hybridized carbons (Fsp3) is 0.581. The molecule has 2 aliphatic carbocycles. The van der Waals surface area contributed by atoms with Gasteiger partial charge in [0.1, 0.15) is 5.75 Å². The minimum atomic E-state index is -3.77. The number of ether oxygens (including phenoxy) is 1. The van der Waals surface area contributed by atoms with Crippen LogP contribution in [0.3, 0.4) is 0 Å². The number of anilines is 1. The first-order valence-corrected chi connectivity index (χ1v) is 16.7. The predicted octanol–water partition coefficient (Wildman–Crippen LogP) is 5.08. The van der Waals surface area contributed by atoms with Gasteiger partial charge in [0.15, 0.2) is 0 Å². The lowest BCUT2D eigenvalue weighted by molar-refractivity contribution is 0.00140. The molecule has 40 heavy (non-hydrogen) atoms. The van der Waals surface area contributed by atoms with Crippen molar-refractivity contribution >= 4 is 33.2 Å². The van der Waals surface area contributed by atoms with Gasteiger partial charge in [-0.3, -0.25) is 4.79 Å². The van der Waals surface area contributed by atoms with Crippen molar-refractivity contribution in [2.75, 3.05) is 30.3 Å². The minimum Gasteiger partial charge on any atom is -0.490 e. The molecule has 0 unspecified atom stereocenters. The highest BCUT2D eigenvalue weighted by Crippen LogP contribution is 2.47. The SMILES string of the molecule is C[C@@H]1CCCS(=O)(=O)NC(=O)c2ccc3c(c2)N(C[C@@H]2CC[C@H]2[C@@H](O)C1)C[C@@]1(CCCc2cc(Cl)ccc21)CO3. The van der Waals surface area contributed by atoms with E-state index in [2.05, 4.69) is 28.7 Å². The third-order valence-corrected chi connectivity index (χ3v) is 11.3. The molecule has 5 atom stereocenters. The van der Waals surface area contributed by atoms with Crippen molar-refractivity contribution in [2.45, 2.75) is 69.8 Å². The van der Waals surface area contributed by atoms with Gasteiger partial charge in [0.2, 0.25) is 10.0 Å². The summed E-state index contributed by atoms with van der Waals surface area (Å²) in [5.41, 5.74) is 3.40. The molecule has 216 valence electrons. The summed E-state index contributed by atoms with van der Waals surface area (Å²) in [4.78, 5) is 15.5. The molecular formula is C31H39ClN2O5S. The summed E-state index contributed by atoms with van der Waals surface area (Å²) in [6.07, 6.45) is 6.45. The molecule has 2 aliphatic heterocycles. The van der Waals surface area contributed by atoms with Crippen LogP contribution in [0, 0.1) is 17.8 Å². The van der Waals surface area contributed by atoms with Crippen LogP contribution in [0.4, 0.5) is 5.69 Å². The van der Waals surface area contributed by atoms with Crippen molar-refractivity contribution in [3.63, 3.8) is 0 Å². The smallest absolute Gasteiger partial charge is 0.264 e. The molecular weight excluding hydrogens is 548 g/mol. The van der Waals surface area contributed by atoms with E-state index in [1.807, 2.05) is 6.07 Å². The number of aliphatic hydroxyl groups excluding tert-OH is 1. The number of nitrogens with one attached hydrogen (secondary N) is 1. The van der Waals surface area contributed by atoms with Gasteiger partial charge >= 0.3 is 0 Å². The lowest BCUT2D eigenvalue weighted by atomic mass is 9.67. The second kappa shape index (κ2) is 10.8. The number of nitrogens with zero attached hydrogens (tertiary/aromatic N) is 1. The summed E-state index contributed by atoms with van der Waals surface area (Å²) < 4.78 is 34.2. The summed E-state index contributed by atoms with van der Waals surface area (Å²) >= 11 is 6.38. The quantitative estimate of drug-likeness (QED) is 0.447. The van der Waals surface area contributed by atoms with Gasteiger partial charge in [0, 0.05) is 29.1 Å². The molecule has 1 spiro atoms. The average molecular weight is 587 g/mol. The third kappa shape index (κ3) is 5.47. The Hall–Kier alpha value is -2.29. The second-order valence-corrected chi connectivity index (χ2v) is 14.9. The highest BCUT2D eigenvalue weighted by atomic mass is 35.5. The number of benzene rings is 2. The van der Waals surface area contributed by atoms with Crippen LogP contribution in [-0.2, 0) is 21.9 Å². The van der Waals surface area contributed by atoms with Crippen molar-refractivity contribution in [1.82, 2.24) is 4.72 Å². The standard InChI is InChI=1S/C31H39ClN2O5S/c1-20-4-3-13-40(37,38)33-30(36)22-7-11-29-27(16-22)34(17-23-6-9-25(23)28(35)14-20)18-31(19-39-29)12-2-5-21-15-24(32)8-10-26(21)31/h7-8,10-11,15-16,20,23,25,28,35H,2-6,9,12-14,17-19H2,1H3,(H,33,36)/t20-,23+,25-,28+,31+/m1/s1. The molecule has 0 saturated heterocycles. The number of carbonyl (C=O) groups excluding carboxylic acids is 1. The van der Waals surface area contributed by atoms with Gasteiger partial charge in [0.05, 0.1) is 24.2 Å². The normalized spacial score (nSPS) is 32.1. The number of sulfonamides is 1. The number of hydrogen-bond donors (Lipinski definition) is 2. The molecule has 2 N–H and O–H groups in total. The summed E-state index contributed by atoms with van der Waals surface area (Å²) in [6, 6.07) is 11.4. The van der Waals surface area contributed by atoms with Crippen molar-refractivity contribution in [2.24, 2.45) is 17.8 Å². The minimum absolute atomic E-state index is 0.114. The zero-order valence-corrected chi connectivity index (χ0v) is 24.6. The maximum Gasteiger partial charge on any atom is 0.264 e. The summed E-state index contributed by atoms with van der Waals surface area (Å²) in [7, 11) is -3.77. The Balaban J connectivity index is 1.40. The van der Waals surface area contributed by atoms with E-state index in [1.54, 1.807) is 18.2 Å². The van der Waals surface area contributed by atoms with Gasteiger partial charge in [-0.1, -0.05) is 24.6 Å². The van der Waals surface area contributed by atoms with Crippen molar-refractivity contribution in [1.29, 1.82) is 0 Å². The van der Waals surface area contributed by atoms with Crippen LogP contribution < -0.4 is 14.4 Å². The first-order chi connectivity index (χ1) is 19.1. The van der Waals surface area contributed by atoms with E-state index in [1.165, 1.54) is 11.1 Å². The van der Waals surface area contributed by atoms with E-state index in [0.717, 1.165) is 49.4 Å². The Morgan fingerprint density at radius 3 is 2.77 bits per heavy atom.